The highest BCUT2D eigenvalue weighted by molar-refractivity contribution is 7.15. The van der Waals surface area contributed by atoms with Crippen LogP contribution in [-0.4, -0.2) is 130 Å². The van der Waals surface area contributed by atoms with Crippen LogP contribution in [0.25, 0.3) is 43.4 Å². The first-order chi connectivity index (χ1) is 45.7. The maximum atomic E-state index is 14.5. The Morgan fingerprint density at radius 2 is 1.41 bits per heavy atom. The number of hydrogen-bond donors (Lipinski definition) is 8. The van der Waals surface area contributed by atoms with Crippen LogP contribution in [0.2, 0.25) is 0 Å². The Morgan fingerprint density at radius 3 is 2.13 bits per heavy atom. The molecule has 9 aromatic rings. The fourth-order valence-electron chi connectivity index (χ4n) is 10.4. The van der Waals surface area contributed by atoms with Crippen LogP contribution >= 0.6 is 68.0 Å². The molecule has 9 heterocycles. The van der Waals surface area contributed by atoms with Crippen molar-refractivity contribution in [2.45, 2.75) is 96.4 Å². The van der Waals surface area contributed by atoms with Crippen molar-refractivity contribution in [2.75, 3.05) is 25.6 Å². The third-order valence-electron chi connectivity index (χ3n) is 15.4. The van der Waals surface area contributed by atoms with Gasteiger partial charge in [-0.3, -0.25) is 33.7 Å². The highest BCUT2D eigenvalue weighted by Crippen LogP contribution is 2.41. The van der Waals surface area contributed by atoms with Gasteiger partial charge in [-0.15, -0.1) is 68.0 Å². The summed E-state index contributed by atoms with van der Waals surface area (Å²) in [5.41, 5.74) is 2.50. The number of aryl methyl sites for hydroxylation is 1. The number of fused-ring (bicyclic) bond motifs is 14. The first-order valence-electron chi connectivity index (χ1n) is 29.5. The maximum Gasteiger partial charge on any atom is 0.416 e. The van der Waals surface area contributed by atoms with E-state index in [1.165, 1.54) is 48.7 Å². The number of benzene rings is 1. The second-order valence-electron chi connectivity index (χ2n) is 22.3. The van der Waals surface area contributed by atoms with E-state index in [-0.39, 0.29) is 64.8 Å². The lowest BCUT2D eigenvalue weighted by atomic mass is 9.87. The highest BCUT2D eigenvalue weighted by atomic mass is 32.1. The molecule has 11 rings (SSSR count). The number of anilines is 1. The standard InChI is InChI=1S/C62H60N14O13S6/c1-28(2)45-59-75-48(41(95-59)23-88-5)52(81)65-21-44(78)72-49(50(79)31-9-7-6-8-10-31)58-70-40(26-92-58)56-68-38(24-91-56)47-34(54-69-39(25-90-54)51(80)67-37(19-43(77)63-4)57-74-46(29(3)94-57)53(82)73-45)16-18-35(66-47)55-71-42(27-93-55)76(22-30-11-17-36(61(85)86)64-20-30)62(87)89-33-14-12-32(13-15-33)60(83)84/h6-11,16-18,20,24-28,32-33,37,45,49-50,79H,12-15,19,21-23H2,1-5H3,(H,63,77)(H,65,81)(H,67,80)(H,72,78)(H,73,82)(H,83,84)(H,85,86)/t32-,33-,37-,45?,49-,50-/m0/s1. The van der Waals surface area contributed by atoms with Crippen LogP contribution in [0.5, 0.6) is 0 Å². The minimum absolute atomic E-state index is 0.0182. The van der Waals surface area contributed by atoms with Gasteiger partial charge in [0.2, 0.25) is 11.8 Å². The highest BCUT2D eigenvalue weighted by Gasteiger charge is 2.35. The summed E-state index contributed by atoms with van der Waals surface area (Å²) in [5.74, 6) is -5.84. The maximum absolute atomic E-state index is 14.5. The monoisotopic (exact) mass is 1400 g/mol. The molecule has 1 aromatic carbocycles. The first-order valence-corrected chi connectivity index (χ1v) is 34.7. The molecule has 1 saturated carbocycles. The Morgan fingerprint density at radius 1 is 0.695 bits per heavy atom. The Labute approximate surface area is 565 Å². The number of carbonyl (C=O) groups is 8. The summed E-state index contributed by atoms with van der Waals surface area (Å²) in [6.07, 6.45) is -0.281. The molecule has 10 bridgehead atoms. The summed E-state index contributed by atoms with van der Waals surface area (Å²) in [6, 6.07) is 12.0. The number of rotatable bonds is 14. The number of ether oxygens (including phenoxy) is 2. The van der Waals surface area contributed by atoms with E-state index in [4.69, 9.17) is 44.4 Å². The molecule has 0 spiro atoms. The fourth-order valence-corrected chi connectivity index (χ4v) is 16.0. The number of nitrogens with one attached hydrogen (secondary N) is 5. The average Bonchev–Trinajstić information content (AvgIpc) is 1.72. The molecule has 0 saturated heterocycles. The van der Waals surface area contributed by atoms with E-state index in [0.29, 0.717) is 94.2 Å². The Balaban J connectivity index is 0.980. The van der Waals surface area contributed by atoms with Gasteiger partial charge in [0, 0.05) is 52.3 Å². The molecule has 4 atom stereocenters. The minimum Gasteiger partial charge on any atom is -0.481 e. The van der Waals surface area contributed by atoms with Gasteiger partial charge in [0.25, 0.3) is 17.7 Å². The van der Waals surface area contributed by atoms with E-state index in [1.54, 1.807) is 70.9 Å². The summed E-state index contributed by atoms with van der Waals surface area (Å²) >= 11 is 6.95. The van der Waals surface area contributed by atoms with Crippen molar-refractivity contribution in [3.8, 4) is 43.4 Å². The van der Waals surface area contributed by atoms with Gasteiger partial charge in [0.1, 0.15) is 94.0 Å². The third kappa shape index (κ3) is 15.5. The van der Waals surface area contributed by atoms with Crippen molar-refractivity contribution >= 4 is 121 Å². The molecular formula is C62H60N14O13S6. The lowest BCUT2D eigenvalue weighted by molar-refractivity contribution is -0.143. The second kappa shape index (κ2) is 29.6. The van der Waals surface area contributed by atoms with Gasteiger partial charge in [-0.05, 0) is 67.9 Å². The Hall–Kier alpha value is -9.22. The van der Waals surface area contributed by atoms with E-state index in [1.807, 2.05) is 13.8 Å². The number of hydrogen-bond acceptors (Lipinski definition) is 25. The van der Waals surface area contributed by atoms with Gasteiger partial charge in [-0.2, -0.15) is 0 Å². The number of aromatic nitrogens is 8. The van der Waals surface area contributed by atoms with Gasteiger partial charge >= 0.3 is 18.0 Å². The quantitative estimate of drug-likeness (QED) is 0.0502. The molecule has 8 N–H and O–H groups in total. The number of methoxy groups -OCH3 is 1. The molecule has 1 fully saturated rings. The van der Waals surface area contributed by atoms with Gasteiger partial charge in [-0.25, -0.2) is 49.5 Å². The molecule has 2 aliphatic rings. The molecule has 8 aromatic heterocycles. The first kappa shape index (κ1) is 67.2. The number of carbonyl (C=O) groups excluding carboxylic acids is 6. The number of nitrogens with zero attached hydrogens (tertiary/aromatic N) is 9. The number of amides is 6. The SMILES string of the molecule is CNC(=O)C[C@@H]1NC(=O)c2csc(n2)-c2ccc(-c3nc(N(Cc4ccc(C(=O)O)nc4)C(=O)O[C@H]4CC[C@H](C(=O)O)CC4)cs3)nc2-c2csc(n2)-c2csc(n2)[C@H]([C@@H](O)c2ccccc2)NC(=O)CNC(=O)c2nc(sc2COC)C(C(C)C)NC(=O)c2nc1sc2C. The zero-order chi connectivity index (χ0) is 67.2. The molecule has 1 unspecified atom stereocenters. The van der Waals surface area contributed by atoms with Crippen molar-refractivity contribution in [1.29, 1.82) is 0 Å². The van der Waals surface area contributed by atoms with Crippen LogP contribution in [0.3, 0.4) is 0 Å². The summed E-state index contributed by atoms with van der Waals surface area (Å²) in [7, 11) is 2.91. The second-order valence-corrected chi connectivity index (χ2v) is 28.1. The van der Waals surface area contributed by atoms with Crippen molar-refractivity contribution in [2.24, 2.45) is 11.8 Å². The largest absolute Gasteiger partial charge is 0.481 e. The van der Waals surface area contributed by atoms with Gasteiger partial charge in [-0.1, -0.05) is 50.2 Å². The van der Waals surface area contributed by atoms with Crippen molar-refractivity contribution in [3.63, 3.8) is 0 Å². The molecule has 95 heavy (non-hydrogen) atoms. The van der Waals surface area contributed by atoms with E-state index >= 15 is 0 Å². The molecule has 0 radical (unpaired) electrons. The number of pyridine rings is 2. The summed E-state index contributed by atoms with van der Waals surface area (Å²) in [6.45, 7) is 4.74. The summed E-state index contributed by atoms with van der Waals surface area (Å²) in [4.78, 5) is 148. The Kier molecular flexibility index (Phi) is 20.9. The van der Waals surface area contributed by atoms with Gasteiger partial charge in [0.05, 0.1) is 54.7 Å². The fraction of sp³-hybridized carbons (Fsp3) is 0.323. The van der Waals surface area contributed by atoms with Crippen LogP contribution in [0.4, 0.5) is 10.6 Å². The van der Waals surface area contributed by atoms with Crippen LogP contribution < -0.4 is 31.5 Å². The van der Waals surface area contributed by atoms with Crippen LogP contribution in [-0.2, 0) is 37.0 Å². The molecule has 33 heteroatoms. The van der Waals surface area contributed by atoms with Crippen LogP contribution in [0, 0.1) is 18.8 Å². The van der Waals surface area contributed by atoms with Crippen molar-refractivity contribution in [3.05, 3.63) is 141 Å². The van der Waals surface area contributed by atoms with Crippen LogP contribution in [0.1, 0.15) is 148 Å². The molecule has 1 aliphatic carbocycles. The van der Waals surface area contributed by atoms with E-state index < -0.39 is 90.4 Å². The average molecular weight is 1400 g/mol. The summed E-state index contributed by atoms with van der Waals surface area (Å²) < 4.78 is 11.4. The molecule has 1 aliphatic heterocycles. The van der Waals surface area contributed by atoms with Crippen LogP contribution in [0.15, 0.2) is 82.3 Å². The number of aromatic carboxylic acids is 1. The number of carboxylic acids is 2. The number of aliphatic carboxylic acids is 1. The van der Waals surface area contributed by atoms with E-state index in [2.05, 4.69) is 31.6 Å². The van der Waals surface area contributed by atoms with Gasteiger partial charge < -0.3 is 51.4 Å². The van der Waals surface area contributed by atoms with Crippen molar-refractivity contribution in [1.82, 2.24) is 66.5 Å². The predicted octanol–water partition coefficient (Wildman–Crippen LogP) is 9.19. The van der Waals surface area contributed by atoms with E-state index in [9.17, 15) is 53.7 Å². The number of thiazole rings is 6. The topological polar surface area (TPSA) is 382 Å². The number of aliphatic hydroxyl groups is 1. The van der Waals surface area contributed by atoms with Crippen molar-refractivity contribution < 1.29 is 63.1 Å². The molecule has 27 nitrogen and oxygen atoms in total. The van der Waals surface area contributed by atoms with Gasteiger partial charge in [0.15, 0.2) is 0 Å². The molecule has 6 amide bonds. The number of carboxylic acid groups (broad SMARTS) is 2. The third-order valence-corrected chi connectivity index (χ3v) is 21.1. The molecular weight excluding hydrogens is 1340 g/mol. The summed E-state index contributed by atoms with van der Waals surface area (Å²) in [5, 5.41) is 53.9. The lowest BCUT2D eigenvalue weighted by Crippen LogP contribution is -2.40. The number of aliphatic hydroxyl groups excluding tert-OH is 1. The smallest absolute Gasteiger partial charge is 0.416 e. The van der Waals surface area contributed by atoms with E-state index in [0.717, 1.165) is 56.7 Å². The Bertz CT molecular complexity index is 4350. The lowest BCUT2D eigenvalue weighted by Gasteiger charge is -2.28. The normalized spacial score (nSPS) is 18.2. The predicted molar refractivity (Wildman–Crippen MR) is 354 cm³/mol. The zero-order valence-electron chi connectivity index (χ0n) is 51.2. The minimum atomic E-state index is -1.32. The zero-order valence-corrected chi connectivity index (χ0v) is 56.1. The molecule has 492 valence electrons.